The van der Waals surface area contributed by atoms with E-state index in [1.807, 2.05) is 29.6 Å². The zero-order valence-corrected chi connectivity index (χ0v) is 11.6. The molecular formula is C14H8ClNO3S. The van der Waals surface area contributed by atoms with E-state index in [1.54, 1.807) is 11.3 Å². The second-order valence-electron chi connectivity index (χ2n) is 4.09. The van der Waals surface area contributed by atoms with Crippen molar-refractivity contribution >= 4 is 38.7 Å². The number of non-ortho nitro benzene ring substituents is 1. The highest BCUT2D eigenvalue weighted by Crippen LogP contribution is 2.34. The van der Waals surface area contributed by atoms with Gasteiger partial charge < -0.3 is 4.74 Å². The fourth-order valence-electron chi connectivity index (χ4n) is 1.81. The topological polar surface area (TPSA) is 52.4 Å². The van der Waals surface area contributed by atoms with Gasteiger partial charge in [0.05, 0.1) is 9.95 Å². The van der Waals surface area contributed by atoms with E-state index in [-0.39, 0.29) is 10.7 Å². The lowest BCUT2D eigenvalue weighted by Gasteiger charge is -2.07. The summed E-state index contributed by atoms with van der Waals surface area (Å²) in [7, 11) is 0. The molecule has 6 heteroatoms. The molecule has 1 heterocycles. The molecule has 0 saturated carbocycles. The third kappa shape index (κ3) is 2.45. The number of nitrogens with zero attached hydrogens (tertiary/aromatic N) is 1. The predicted octanol–water partition coefficient (Wildman–Crippen LogP) is 5.26. The number of rotatable bonds is 3. The first-order valence-electron chi connectivity index (χ1n) is 5.72. The lowest BCUT2D eigenvalue weighted by molar-refractivity contribution is -0.384. The number of fused-ring (bicyclic) bond motifs is 1. The molecule has 0 unspecified atom stereocenters. The van der Waals surface area contributed by atoms with Crippen LogP contribution in [-0.4, -0.2) is 4.92 Å². The van der Waals surface area contributed by atoms with E-state index in [1.165, 1.54) is 18.2 Å². The maximum Gasteiger partial charge on any atom is 0.271 e. The minimum atomic E-state index is -0.493. The Balaban J connectivity index is 1.92. The Kier molecular flexibility index (Phi) is 3.30. The molecule has 0 aliphatic carbocycles. The molecule has 0 aliphatic heterocycles. The van der Waals surface area contributed by atoms with E-state index in [9.17, 15) is 10.1 Å². The van der Waals surface area contributed by atoms with E-state index in [2.05, 4.69) is 0 Å². The molecule has 0 bridgehead atoms. The van der Waals surface area contributed by atoms with Gasteiger partial charge in [0.1, 0.15) is 11.5 Å². The van der Waals surface area contributed by atoms with E-state index < -0.39 is 4.92 Å². The second-order valence-corrected chi connectivity index (χ2v) is 5.45. The Hall–Kier alpha value is -2.11. The summed E-state index contributed by atoms with van der Waals surface area (Å²) in [4.78, 5) is 10.2. The van der Waals surface area contributed by atoms with Crippen LogP contribution < -0.4 is 4.74 Å². The number of thiophene rings is 1. The van der Waals surface area contributed by atoms with Gasteiger partial charge in [-0.15, -0.1) is 11.3 Å². The molecule has 1 aromatic heterocycles. The highest BCUT2D eigenvalue weighted by Gasteiger charge is 2.11. The van der Waals surface area contributed by atoms with Gasteiger partial charge in [-0.2, -0.15) is 0 Å². The molecule has 0 spiro atoms. The normalized spacial score (nSPS) is 10.7. The molecule has 3 rings (SSSR count). The third-order valence-electron chi connectivity index (χ3n) is 2.78. The summed E-state index contributed by atoms with van der Waals surface area (Å²) in [6.45, 7) is 0. The summed E-state index contributed by atoms with van der Waals surface area (Å²) in [5.41, 5.74) is -0.0592. The highest BCUT2D eigenvalue weighted by atomic mass is 35.5. The van der Waals surface area contributed by atoms with E-state index in [4.69, 9.17) is 16.3 Å². The van der Waals surface area contributed by atoms with Crippen LogP contribution >= 0.6 is 22.9 Å². The smallest absolute Gasteiger partial charge is 0.271 e. The van der Waals surface area contributed by atoms with Crippen molar-refractivity contribution in [1.29, 1.82) is 0 Å². The molecule has 100 valence electrons. The van der Waals surface area contributed by atoms with Crippen LogP contribution in [0.1, 0.15) is 0 Å². The molecule has 0 atom stereocenters. The minimum absolute atomic E-state index is 0.0592. The van der Waals surface area contributed by atoms with E-state index in [0.717, 1.165) is 10.1 Å². The average molecular weight is 306 g/mol. The molecule has 0 radical (unpaired) electrons. The molecule has 4 nitrogen and oxygen atoms in total. The van der Waals surface area contributed by atoms with Gasteiger partial charge in [-0.05, 0) is 41.1 Å². The van der Waals surface area contributed by atoms with Crippen molar-refractivity contribution in [3.05, 3.63) is 63.0 Å². The molecule has 3 aromatic rings. The number of hydrogen-bond donors (Lipinski definition) is 0. The van der Waals surface area contributed by atoms with Gasteiger partial charge in [0.15, 0.2) is 0 Å². The average Bonchev–Trinajstić information content (AvgIpc) is 2.88. The number of nitro benzene ring substituents is 1. The van der Waals surface area contributed by atoms with Gasteiger partial charge >= 0.3 is 0 Å². The van der Waals surface area contributed by atoms with Crippen molar-refractivity contribution in [2.24, 2.45) is 0 Å². The quantitative estimate of drug-likeness (QED) is 0.490. The number of ether oxygens (including phenoxy) is 1. The molecule has 20 heavy (non-hydrogen) atoms. The zero-order chi connectivity index (χ0) is 14.1. The summed E-state index contributed by atoms with van der Waals surface area (Å²) in [6.07, 6.45) is 0. The van der Waals surface area contributed by atoms with E-state index >= 15 is 0 Å². The van der Waals surface area contributed by atoms with Gasteiger partial charge in [-0.1, -0.05) is 11.6 Å². The fourth-order valence-corrected chi connectivity index (χ4v) is 2.84. The number of benzene rings is 2. The third-order valence-corrected chi connectivity index (χ3v) is 3.96. The van der Waals surface area contributed by atoms with Crippen molar-refractivity contribution < 1.29 is 9.66 Å². The monoisotopic (exact) mass is 305 g/mol. The minimum Gasteiger partial charge on any atom is -0.456 e. The number of halogens is 1. The Morgan fingerprint density at radius 1 is 1.15 bits per heavy atom. The van der Waals surface area contributed by atoms with Crippen LogP contribution in [0.2, 0.25) is 5.02 Å². The maximum atomic E-state index is 10.6. The number of nitro groups is 1. The van der Waals surface area contributed by atoms with Crippen LogP contribution in [0.4, 0.5) is 5.69 Å². The first kappa shape index (κ1) is 12.9. The standard InChI is InChI=1S/C14H8ClNO3S/c15-12-7-10(16(17)18)2-4-13(12)19-11-3-1-9-5-6-20-14(9)8-11/h1-8H. The lowest BCUT2D eigenvalue weighted by Crippen LogP contribution is -1.89. The molecule has 0 aliphatic rings. The molecule has 0 N–H and O–H groups in total. The number of hydrogen-bond acceptors (Lipinski definition) is 4. The van der Waals surface area contributed by atoms with Crippen molar-refractivity contribution in [2.45, 2.75) is 0 Å². The van der Waals surface area contributed by atoms with Crippen LogP contribution in [-0.2, 0) is 0 Å². The Morgan fingerprint density at radius 2 is 2.00 bits per heavy atom. The first-order valence-corrected chi connectivity index (χ1v) is 6.98. The van der Waals surface area contributed by atoms with Gasteiger partial charge in [0, 0.05) is 16.8 Å². The zero-order valence-electron chi connectivity index (χ0n) is 10.1. The second kappa shape index (κ2) is 5.11. The van der Waals surface area contributed by atoms with Crippen molar-refractivity contribution in [1.82, 2.24) is 0 Å². The highest BCUT2D eigenvalue weighted by molar-refractivity contribution is 7.17. The summed E-state index contributed by atoms with van der Waals surface area (Å²) in [5.74, 6) is 1.05. The fraction of sp³-hybridized carbons (Fsp3) is 0. The van der Waals surface area contributed by atoms with Crippen LogP contribution in [0, 0.1) is 10.1 Å². The van der Waals surface area contributed by atoms with Crippen LogP contribution in [0.25, 0.3) is 10.1 Å². The van der Waals surface area contributed by atoms with Gasteiger partial charge in [0.25, 0.3) is 5.69 Å². The largest absolute Gasteiger partial charge is 0.456 e. The molecule has 0 saturated heterocycles. The lowest BCUT2D eigenvalue weighted by atomic mass is 10.2. The predicted molar refractivity (Wildman–Crippen MR) is 80.0 cm³/mol. The van der Waals surface area contributed by atoms with Crippen molar-refractivity contribution in [2.75, 3.05) is 0 Å². The van der Waals surface area contributed by atoms with E-state index in [0.29, 0.717) is 11.5 Å². The summed E-state index contributed by atoms with van der Waals surface area (Å²) >= 11 is 7.61. The molecule has 0 amide bonds. The summed E-state index contributed by atoms with van der Waals surface area (Å²) < 4.78 is 6.79. The Morgan fingerprint density at radius 3 is 2.75 bits per heavy atom. The Bertz CT molecular complexity index is 800. The summed E-state index contributed by atoms with van der Waals surface area (Å²) in [5, 5.41) is 14.0. The van der Waals surface area contributed by atoms with Crippen LogP contribution in [0.15, 0.2) is 47.8 Å². The van der Waals surface area contributed by atoms with Gasteiger partial charge in [-0.25, -0.2) is 0 Å². The molecular weight excluding hydrogens is 298 g/mol. The van der Waals surface area contributed by atoms with Crippen LogP contribution in [0.5, 0.6) is 11.5 Å². The van der Waals surface area contributed by atoms with Crippen molar-refractivity contribution in [3.8, 4) is 11.5 Å². The summed E-state index contributed by atoms with van der Waals surface area (Å²) in [6, 6.07) is 11.9. The van der Waals surface area contributed by atoms with Crippen molar-refractivity contribution in [3.63, 3.8) is 0 Å². The maximum absolute atomic E-state index is 10.6. The molecule has 2 aromatic carbocycles. The first-order chi connectivity index (χ1) is 9.63. The SMILES string of the molecule is O=[N+]([O-])c1ccc(Oc2ccc3ccsc3c2)c(Cl)c1. The van der Waals surface area contributed by atoms with Crippen LogP contribution in [0.3, 0.4) is 0 Å². The van der Waals surface area contributed by atoms with Gasteiger partial charge in [0.2, 0.25) is 0 Å². The molecule has 0 fully saturated rings. The van der Waals surface area contributed by atoms with Gasteiger partial charge in [-0.3, -0.25) is 10.1 Å². The Labute approximate surface area is 123 Å².